The van der Waals surface area contributed by atoms with E-state index in [-0.39, 0.29) is 5.54 Å². The fourth-order valence-corrected chi connectivity index (χ4v) is 1.63. The summed E-state index contributed by atoms with van der Waals surface area (Å²) in [4.78, 5) is 2.32. The summed E-state index contributed by atoms with van der Waals surface area (Å²) in [5.74, 6) is 0. The van der Waals surface area contributed by atoms with E-state index in [1.165, 1.54) is 0 Å². The fraction of sp³-hybridized carbons (Fsp3) is 1.00. The Morgan fingerprint density at radius 1 is 1.00 bits per heavy atom. The minimum Gasteiger partial charge on any atom is -0.383 e. The summed E-state index contributed by atoms with van der Waals surface area (Å²) in [5.41, 5.74) is 6.24. The van der Waals surface area contributed by atoms with Crippen LogP contribution in [0, 0.1) is 0 Å². The lowest BCUT2D eigenvalue weighted by molar-refractivity contribution is 0.0967. The van der Waals surface area contributed by atoms with Crippen molar-refractivity contribution in [2.24, 2.45) is 5.73 Å². The molecule has 0 unspecified atom stereocenters. The molecule has 0 amide bonds. The second-order valence-electron chi connectivity index (χ2n) is 4.33. The van der Waals surface area contributed by atoms with Crippen LogP contribution in [0.25, 0.3) is 0 Å². The third kappa shape index (κ3) is 6.43. The number of hydrogen-bond acceptors (Lipinski definition) is 4. The first kappa shape index (κ1) is 15.8. The maximum absolute atomic E-state index is 6.32. The van der Waals surface area contributed by atoms with Crippen LogP contribution in [0.4, 0.5) is 0 Å². The van der Waals surface area contributed by atoms with Gasteiger partial charge in [-0.2, -0.15) is 0 Å². The Hall–Kier alpha value is -0.160. The number of rotatable bonds is 10. The fourth-order valence-electron chi connectivity index (χ4n) is 1.63. The van der Waals surface area contributed by atoms with Crippen LogP contribution in [0.3, 0.4) is 0 Å². The van der Waals surface area contributed by atoms with E-state index in [9.17, 15) is 0 Å². The number of methoxy groups -OCH3 is 2. The zero-order valence-electron chi connectivity index (χ0n) is 11.3. The van der Waals surface area contributed by atoms with Gasteiger partial charge in [0.25, 0.3) is 0 Å². The molecule has 0 aliphatic rings. The molecule has 0 atom stereocenters. The molecule has 0 fully saturated rings. The summed E-state index contributed by atoms with van der Waals surface area (Å²) < 4.78 is 10.2. The molecular weight excluding hydrogens is 204 g/mol. The molecule has 2 N–H and O–H groups in total. The van der Waals surface area contributed by atoms with Gasteiger partial charge < -0.3 is 15.2 Å². The number of nitrogens with two attached hydrogens (primary N) is 1. The molecule has 4 nitrogen and oxygen atoms in total. The molecule has 0 spiro atoms. The molecule has 16 heavy (non-hydrogen) atoms. The maximum Gasteiger partial charge on any atom is 0.0589 e. The Balaban J connectivity index is 4.15. The number of nitrogens with zero attached hydrogens (tertiary/aromatic N) is 1. The second-order valence-corrected chi connectivity index (χ2v) is 4.33. The summed E-state index contributed by atoms with van der Waals surface area (Å²) >= 11 is 0. The van der Waals surface area contributed by atoms with Crippen LogP contribution in [-0.4, -0.2) is 57.5 Å². The highest BCUT2D eigenvalue weighted by atomic mass is 16.5. The van der Waals surface area contributed by atoms with Crippen molar-refractivity contribution in [3.63, 3.8) is 0 Å². The van der Waals surface area contributed by atoms with E-state index in [2.05, 4.69) is 18.7 Å². The molecule has 0 radical (unpaired) electrons. The van der Waals surface area contributed by atoms with Crippen LogP contribution in [0.2, 0.25) is 0 Å². The maximum atomic E-state index is 6.32. The van der Waals surface area contributed by atoms with Crippen molar-refractivity contribution >= 4 is 0 Å². The summed E-state index contributed by atoms with van der Waals surface area (Å²) in [6.07, 6.45) is 2.00. The molecule has 0 heterocycles. The third-order valence-corrected chi connectivity index (χ3v) is 3.17. The minimum atomic E-state index is -0.0819. The van der Waals surface area contributed by atoms with Gasteiger partial charge in [-0.3, -0.25) is 4.90 Å². The summed E-state index contributed by atoms with van der Waals surface area (Å²) in [6.45, 7) is 8.52. The van der Waals surface area contributed by atoms with Gasteiger partial charge in [0.05, 0.1) is 13.2 Å². The van der Waals surface area contributed by atoms with E-state index in [1.807, 2.05) is 0 Å². The van der Waals surface area contributed by atoms with Gasteiger partial charge in [0, 0.05) is 39.4 Å². The van der Waals surface area contributed by atoms with Crippen LogP contribution in [0.1, 0.15) is 26.7 Å². The Morgan fingerprint density at radius 2 is 1.44 bits per heavy atom. The zero-order chi connectivity index (χ0) is 12.4. The Bertz CT molecular complexity index is 153. The van der Waals surface area contributed by atoms with Crippen molar-refractivity contribution in [3.05, 3.63) is 0 Å². The smallest absolute Gasteiger partial charge is 0.0589 e. The van der Waals surface area contributed by atoms with E-state index in [4.69, 9.17) is 15.2 Å². The van der Waals surface area contributed by atoms with Gasteiger partial charge in [-0.1, -0.05) is 13.8 Å². The average Bonchev–Trinajstić information content (AvgIpc) is 2.32. The van der Waals surface area contributed by atoms with E-state index < -0.39 is 0 Å². The van der Waals surface area contributed by atoms with Gasteiger partial charge >= 0.3 is 0 Å². The first-order valence-corrected chi connectivity index (χ1v) is 6.11. The van der Waals surface area contributed by atoms with Crippen LogP contribution < -0.4 is 5.73 Å². The first-order valence-electron chi connectivity index (χ1n) is 6.11. The lowest BCUT2D eigenvalue weighted by atomic mass is 9.93. The van der Waals surface area contributed by atoms with E-state index >= 15 is 0 Å². The highest BCUT2D eigenvalue weighted by molar-refractivity contribution is 4.84. The predicted molar refractivity (Wildman–Crippen MR) is 67.7 cm³/mol. The molecule has 4 heteroatoms. The number of ether oxygens (including phenoxy) is 2. The van der Waals surface area contributed by atoms with Crippen LogP contribution in [-0.2, 0) is 9.47 Å². The molecule has 0 aromatic heterocycles. The normalized spacial score (nSPS) is 12.4. The van der Waals surface area contributed by atoms with Gasteiger partial charge in [-0.25, -0.2) is 0 Å². The van der Waals surface area contributed by atoms with E-state index in [0.29, 0.717) is 0 Å². The van der Waals surface area contributed by atoms with Crippen molar-refractivity contribution < 1.29 is 9.47 Å². The Labute approximate surface area is 100 Å². The van der Waals surface area contributed by atoms with E-state index in [1.54, 1.807) is 14.2 Å². The first-order chi connectivity index (χ1) is 7.61. The van der Waals surface area contributed by atoms with Gasteiger partial charge in [0.1, 0.15) is 0 Å². The Kier molecular flexibility index (Phi) is 8.84. The summed E-state index contributed by atoms with van der Waals surface area (Å²) in [7, 11) is 3.45. The summed E-state index contributed by atoms with van der Waals surface area (Å²) in [6, 6.07) is 0. The lowest BCUT2D eigenvalue weighted by Crippen LogP contribution is -2.50. The van der Waals surface area contributed by atoms with Gasteiger partial charge in [0.2, 0.25) is 0 Å². The molecule has 0 aliphatic carbocycles. The van der Waals surface area contributed by atoms with Crippen molar-refractivity contribution in [3.8, 4) is 0 Å². The number of hydrogen-bond donors (Lipinski definition) is 1. The molecule has 0 aromatic rings. The molecule has 0 aromatic carbocycles. The molecule has 0 bridgehead atoms. The van der Waals surface area contributed by atoms with Gasteiger partial charge in [0.15, 0.2) is 0 Å². The molecule has 98 valence electrons. The molecule has 0 saturated heterocycles. The van der Waals surface area contributed by atoms with E-state index in [0.717, 1.165) is 45.7 Å². The van der Waals surface area contributed by atoms with Crippen molar-refractivity contribution in [2.45, 2.75) is 32.2 Å². The van der Waals surface area contributed by atoms with Gasteiger partial charge in [-0.15, -0.1) is 0 Å². The van der Waals surface area contributed by atoms with Crippen molar-refractivity contribution in [2.75, 3.05) is 47.1 Å². The van der Waals surface area contributed by atoms with Crippen molar-refractivity contribution in [1.82, 2.24) is 4.90 Å². The zero-order valence-corrected chi connectivity index (χ0v) is 11.3. The van der Waals surface area contributed by atoms with Crippen LogP contribution in [0.5, 0.6) is 0 Å². The SMILES string of the molecule is CCC(N)(CC)CN(CCOC)CCOC. The molecule has 0 aliphatic heterocycles. The third-order valence-electron chi connectivity index (χ3n) is 3.17. The molecular formula is C12H28N2O2. The average molecular weight is 232 g/mol. The Morgan fingerprint density at radius 3 is 1.75 bits per heavy atom. The quantitative estimate of drug-likeness (QED) is 0.613. The summed E-state index contributed by atoms with van der Waals surface area (Å²) in [5, 5.41) is 0. The monoisotopic (exact) mass is 232 g/mol. The predicted octanol–water partition coefficient (Wildman–Crippen LogP) is 1.10. The van der Waals surface area contributed by atoms with Crippen LogP contribution in [0.15, 0.2) is 0 Å². The standard InChI is InChI=1S/C12H28N2O2/c1-5-12(13,6-2)11-14(7-9-15-3)8-10-16-4/h5-11,13H2,1-4H3. The highest BCUT2D eigenvalue weighted by Crippen LogP contribution is 2.13. The van der Waals surface area contributed by atoms with Gasteiger partial charge in [-0.05, 0) is 12.8 Å². The highest BCUT2D eigenvalue weighted by Gasteiger charge is 2.23. The largest absolute Gasteiger partial charge is 0.383 e. The van der Waals surface area contributed by atoms with Crippen LogP contribution >= 0.6 is 0 Å². The minimum absolute atomic E-state index is 0.0819. The molecule has 0 rings (SSSR count). The molecule has 0 saturated carbocycles. The topological polar surface area (TPSA) is 47.7 Å². The van der Waals surface area contributed by atoms with Crippen molar-refractivity contribution in [1.29, 1.82) is 0 Å². The lowest BCUT2D eigenvalue weighted by Gasteiger charge is -2.33. The second kappa shape index (κ2) is 8.93.